The van der Waals surface area contributed by atoms with Gasteiger partial charge >= 0.3 is 0 Å². The molecule has 0 aromatic heterocycles. The molecule has 2 unspecified atom stereocenters. The van der Waals surface area contributed by atoms with Crippen LogP contribution in [0.5, 0.6) is 0 Å². The van der Waals surface area contributed by atoms with E-state index in [1.165, 1.54) is 6.92 Å². The molecule has 0 aliphatic heterocycles. The van der Waals surface area contributed by atoms with Crippen molar-refractivity contribution in [3.8, 4) is 0 Å². The molecule has 2 nitrogen and oxygen atoms in total. The van der Waals surface area contributed by atoms with Crippen LogP contribution in [0.15, 0.2) is 0 Å². The first-order valence-corrected chi connectivity index (χ1v) is 3.81. The van der Waals surface area contributed by atoms with Crippen LogP contribution in [-0.2, 0) is 4.79 Å². The van der Waals surface area contributed by atoms with Crippen LogP contribution in [0.3, 0.4) is 0 Å². The summed E-state index contributed by atoms with van der Waals surface area (Å²) in [5.41, 5.74) is -1.92. The monoisotopic (exact) mass is 202 g/mol. The summed E-state index contributed by atoms with van der Waals surface area (Å²) in [7, 11) is 0. The lowest BCUT2D eigenvalue weighted by Gasteiger charge is -2.22. The second kappa shape index (κ2) is 4.24. The normalized spacial score (nSPS) is 19.0. The molecule has 11 heavy (non-hydrogen) atoms. The van der Waals surface area contributed by atoms with Gasteiger partial charge in [-0.25, -0.2) is 4.39 Å². The number of carbonyl (C=O) groups excluding carboxylic acids is 1. The van der Waals surface area contributed by atoms with E-state index in [0.29, 0.717) is 0 Å². The number of aliphatic hydroxyl groups excluding tert-OH is 1. The van der Waals surface area contributed by atoms with Crippen LogP contribution in [0.25, 0.3) is 0 Å². The summed E-state index contributed by atoms with van der Waals surface area (Å²) in [6, 6.07) is 0. The number of hydrogen-bond acceptors (Lipinski definition) is 2. The van der Waals surface area contributed by atoms with Crippen LogP contribution in [0, 0.1) is 0 Å². The summed E-state index contributed by atoms with van der Waals surface area (Å²) >= 11 is 10.5. The van der Waals surface area contributed by atoms with Gasteiger partial charge in [0.25, 0.3) is 0 Å². The highest BCUT2D eigenvalue weighted by atomic mass is 35.5. The Morgan fingerprint density at radius 2 is 2.27 bits per heavy atom. The first-order valence-electron chi connectivity index (χ1n) is 3.00. The zero-order valence-electron chi connectivity index (χ0n) is 5.98. The molecule has 0 aliphatic rings. The molecular formula is C6H9Cl2FO2. The maximum absolute atomic E-state index is 12.4. The second-order valence-electron chi connectivity index (χ2n) is 2.37. The minimum atomic E-state index is -1.92. The first-order chi connectivity index (χ1) is 4.92. The fraction of sp³-hybridized carbons (Fsp3) is 0.833. The Labute approximate surface area is 74.3 Å². The van der Waals surface area contributed by atoms with E-state index in [-0.39, 0.29) is 12.2 Å². The van der Waals surface area contributed by atoms with Crippen molar-refractivity contribution in [2.24, 2.45) is 0 Å². The number of ketones is 1. The summed E-state index contributed by atoms with van der Waals surface area (Å²) < 4.78 is 12.4. The smallest absolute Gasteiger partial charge is 0.195 e. The molecular weight excluding hydrogens is 194 g/mol. The minimum Gasteiger partial charge on any atom is -0.394 e. The Morgan fingerprint density at radius 3 is 2.36 bits per heavy atom. The lowest BCUT2D eigenvalue weighted by atomic mass is 10.1. The van der Waals surface area contributed by atoms with E-state index >= 15 is 0 Å². The van der Waals surface area contributed by atoms with Crippen molar-refractivity contribution in [2.75, 3.05) is 6.61 Å². The summed E-state index contributed by atoms with van der Waals surface area (Å²) in [5, 5.41) is 8.60. The third-order valence-electron chi connectivity index (χ3n) is 1.20. The van der Waals surface area contributed by atoms with Gasteiger partial charge in [-0.3, -0.25) is 4.79 Å². The fourth-order valence-electron chi connectivity index (χ4n) is 0.616. The van der Waals surface area contributed by atoms with E-state index in [9.17, 15) is 9.18 Å². The summed E-state index contributed by atoms with van der Waals surface area (Å²) in [6.45, 7) is 0.602. The predicted octanol–water partition coefficient (Wildman–Crippen LogP) is 1.47. The fourth-order valence-corrected chi connectivity index (χ4v) is 0.950. The average Bonchev–Trinajstić information content (AvgIpc) is 1.86. The highest BCUT2D eigenvalue weighted by Gasteiger charge is 2.36. The molecule has 0 spiro atoms. The van der Waals surface area contributed by atoms with E-state index in [1.54, 1.807) is 0 Å². The quantitative estimate of drug-likeness (QED) is 0.702. The highest BCUT2D eigenvalue weighted by molar-refractivity contribution is 6.32. The van der Waals surface area contributed by atoms with Crippen molar-refractivity contribution in [1.29, 1.82) is 0 Å². The molecule has 0 saturated heterocycles. The first kappa shape index (κ1) is 11.1. The SMILES string of the molecule is CC(=O)CC(Cl)(CO)C(F)Cl. The zero-order chi connectivity index (χ0) is 9.07. The number of aliphatic hydroxyl groups is 1. The maximum atomic E-state index is 12.4. The molecule has 66 valence electrons. The molecule has 0 radical (unpaired) electrons. The van der Waals surface area contributed by atoms with Crippen LogP contribution < -0.4 is 0 Å². The van der Waals surface area contributed by atoms with Gasteiger partial charge in [0.05, 0.1) is 6.61 Å². The molecule has 0 heterocycles. The third-order valence-corrected chi connectivity index (χ3v) is 2.17. The van der Waals surface area contributed by atoms with Crippen molar-refractivity contribution in [3.63, 3.8) is 0 Å². The van der Waals surface area contributed by atoms with Crippen molar-refractivity contribution in [1.82, 2.24) is 0 Å². The van der Waals surface area contributed by atoms with E-state index < -0.39 is 17.1 Å². The summed E-state index contributed by atoms with van der Waals surface area (Å²) in [6.07, 6.45) is -0.268. The van der Waals surface area contributed by atoms with E-state index in [4.69, 9.17) is 28.3 Å². The molecule has 0 amide bonds. The Hall–Kier alpha value is 0.140. The lowest BCUT2D eigenvalue weighted by molar-refractivity contribution is -0.118. The third kappa shape index (κ3) is 3.36. The Balaban J connectivity index is 4.22. The van der Waals surface area contributed by atoms with Gasteiger partial charge in [-0.15, -0.1) is 11.6 Å². The van der Waals surface area contributed by atoms with Gasteiger partial charge in [-0.1, -0.05) is 11.6 Å². The topological polar surface area (TPSA) is 37.3 Å². The Bertz CT molecular complexity index is 152. The van der Waals surface area contributed by atoms with E-state index in [2.05, 4.69) is 0 Å². The molecule has 5 heteroatoms. The van der Waals surface area contributed by atoms with E-state index in [0.717, 1.165) is 0 Å². The molecule has 0 aromatic carbocycles. The molecule has 0 fully saturated rings. The van der Waals surface area contributed by atoms with Gasteiger partial charge in [-0.05, 0) is 6.92 Å². The second-order valence-corrected chi connectivity index (χ2v) is 3.51. The van der Waals surface area contributed by atoms with Gasteiger partial charge in [0.1, 0.15) is 10.7 Å². The predicted molar refractivity (Wildman–Crippen MR) is 41.7 cm³/mol. The van der Waals surface area contributed by atoms with Gasteiger partial charge in [0, 0.05) is 6.42 Å². The van der Waals surface area contributed by atoms with Crippen LogP contribution in [-0.4, -0.2) is 28.0 Å². The van der Waals surface area contributed by atoms with Crippen LogP contribution in [0.1, 0.15) is 13.3 Å². The van der Waals surface area contributed by atoms with Gasteiger partial charge in [-0.2, -0.15) is 0 Å². The molecule has 2 atom stereocenters. The summed E-state index contributed by atoms with van der Waals surface area (Å²) in [5.74, 6) is -0.308. The number of alkyl halides is 3. The lowest BCUT2D eigenvalue weighted by Crippen LogP contribution is -2.36. The van der Waals surface area contributed by atoms with Crippen LogP contribution in [0.2, 0.25) is 0 Å². The number of carbonyl (C=O) groups is 1. The Morgan fingerprint density at radius 1 is 1.82 bits per heavy atom. The number of hydrogen-bond donors (Lipinski definition) is 1. The van der Waals surface area contributed by atoms with Crippen molar-refractivity contribution < 1.29 is 14.3 Å². The highest BCUT2D eigenvalue weighted by Crippen LogP contribution is 2.29. The van der Waals surface area contributed by atoms with Crippen molar-refractivity contribution >= 4 is 29.0 Å². The van der Waals surface area contributed by atoms with Crippen LogP contribution in [0.4, 0.5) is 4.39 Å². The zero-order valence-corrected chi connectivity index (χ0v) is 7.49. The number of halogens is 3. The molecule has 0 aromatic rings. The summed E-state index contributed by atoms with van der Waals surface area (Å²) in [4.78, 5) is 8.84. The Kier molecular flexibility index (Phi) is 4.29. The molecule has 0 saturated carbocycles. The van der Waals surface area contributed by atoms with E-state index in [1.807, 2.05) is 0 Å². The largest absolute Gasteiger partial charge is 0.394 e. The van der Waals surface area contributed by atoms with Gasteiger partial charge in [0.2, 0.25) is 0 Å². The molecule has 0 bridgehead atoms. The molecule has 0 aliphatic carbocycles. The van der Waals surface area contributed by atoms with Crippen molar-refractivity contribution in [2.45, 2.75) is 23.8 Å². The van der Waals surface area contributed by atoms with Crippen molar-refractivity contribution in [3.05, 3.63) is 0 Å². The minimum absolute atomic E-state index is 0.268. The molecule has 0 rings (SSSR count). The number of Topliss-reactive ketones (excluding diaryl/α,β-unsaturated/α-hetero) is 1. The molecule has 1 N–H and O–H groups in total. The average molecular weight is 203 g/mol. The van der Waals surface area contributed by atoms with Gasteiger partial charge in [0.15, 0.2) is 5.63 Å². The van der Waals surface area contributed by atoms with Gasteiger partial charge < -0.3 is 5.11 Å². The maximum Gasteiger partial charge on any atom is 0.195 e. The van der Waals surface area contributed by atoms with Crippen LogP contribution >= 0.6 is 23.2 Å². The number of rotatable bonds is 4. The standard InChI is InChI=1S/C6H9Cl2FO2/c1-4(11)2-6(8,3-10)5(7)9/h5,10H,2-3H2,1H3.